The van der Waals surface area contributed by atoms with E-state index in [-0.39, 0.29) is 0 Å². The van der Waals surface area contributed by atoms with E-state index in [1.165, 1.54) is 0 Å². The Bertz CT molecular complexity index is 447. The quantitative estimate of drug-likeness (QED) is 0.743. The molecule has 0 radical (unpaired) electrons. The zero-order valence-electron chi connectivity index (χ0n) is 7.52. The smallest absolute Gasteiger partial charge is 0.119 e. The van der Waals surface area contributed by atoms with Crippen LogP contribution in [0, 0.1) is 6.92 Å². The highest BCUT2D eigenvalue weighted by Gasteiger charge is 2.03. The Balaban J connectivity index is 2.75. The van der Waals surface area contributed by atoms with Gasteiger partial charge in [0, 0.05) is 10.9 Å². The molecule has 0 aliphatic heterocycles. The molecule has 0 aliphatic carbocycles. The molecule has 0 atom stereocenters. The molecule has 1 heterocycles. The van der Waals surface area contributed by atoms with E-state index in [1.54, 1.807) is 7.11 Å². The van der Waals surface area contributed by atoms with Crippen LogP contribution in [0.2, 0.25) is 5.15 Å². The fraction of sp³-hybridized carbons (Fsp3) is 0.200. The van der Waals surface area contributed by atoms with Gasteiger partial charge in [-0.05, 0) is 30.7 Å². The van der Waals surface area contributed by atoms with Crippen molar-refractivity contribution in [3.8, 4) is 5.75 Å². The largest absolute Gasteiger partial charge is 0.497 e. The van der Waals surface area contributed by atoms with Gasteiger partial charge in [-0.2, -0.15) is 0 Å². The standard InChI is InChI=1S/C10H10ClNO/c1-6-3-8(13-2)4-7-5-9(11)12-10(6)7/h3-5,12H,1-2H3. The number of benzene rings is 1. The van der Waals surface area contributed by atoms with Gasteiger partial charge in [-0.3, -0.25) is 0 Å². The van der Waals surface area contributed by atoms with Crippen molar-refractivity contribution < 1.29 is 4.74 Å². The lowest BCUT2D eigenvalue weighted by Crippen LogP contribution is -1.84. The first kappa shape index (κ1) is 8.45. The predicted molar refractivity (Wildman–Crippen MR) is 54.6 cm³/mol. The van der Waals surface area contributed by atoms with Gasteiger partial charge >= 0.3 is 0 Å². The monoisotopic (exact) mass is 195 g/mol. The van der Waals surface area contributed by atoms with Gasteiger partial charge in [0.15, 0.2) is 0 Å². The van der Waals surface area contributed by atoms with Gasteiger partial charge in [0.25, 0.3) is 0 Å². The molecular formula is C10H10ClNO. The first-order valence-corrected chi connectivity index (χ1v) is 4.41. The number of aryl methyl sites for hydroxylation is 1. The molecule has 1 aromatic carbocycles. The van der Waals surface area contributed by atoms with E-state index in [1.807, 2.05) is 25.1 Å². The molecule has 0 unspecified atom stereocenters. The normalized spacial score (nSPS) is 10.7. The summed E-state index contributed by atoms with van der Waals surface area (Å²) in [4.78, 5) is 3.09. The first-order valence-electron chi connectivity index (χ1n) is 4.03. The summed E-state index contributed by atoms with van der Waals surface area (Å²) in [5.41, 5.74) is 2.21. The van der Waals surface area contributed by atoms with E-state index >= 15 is 0 Å². The van der Waals surface area contributed by atoms with Gasteiger partial charge in [0.2, 0.25) is 0 Å². The molecule has 0 aliphatic rings. The average Bonchev–Trinajstić information content (AvgIpc) is 2.46. The Morgan fingerprint density at radius 3 is 2.77 bits per heavy atom. The summed E-state index contributed by atoms with van der Waals surface area (Å²) in [6.45, 7) is 2.03. The minimum atomic E-state index is 0.659. The minimum absolute atomic E-state index is 0.659. The maximum Gasteiger partial charge on any atom is 0.119 e. The molecule has 68 valence electrons. The van der Waals surface area contributed by atoms with Crippen LogP contribution in [0.3, 0.4) is 0 Å². The van der Waals surface area contributed by atoms with Crippen molar-refractivity contribution in [2.75, 3.05) is 7.11 Å². The molecule has 1 N–H and O–H groups in total. The lowest BCUT2D eigenvalue weighted by atomic mass is 10.1. The van der Waals surface area contributed by atoms with Gasteiger partial charge in [-0.15, -0.1) is 0 Å². The van der Waals surface area contributed by atoms with Gasteiger partial charge in [-0.25, -0.2) is 0 Å². The van der Waals surface area contributed by atoms with Gasteiger partial charge in [0.1, 0.15) is 10.9 Å². The summed E-state index contributed by atoms with van der Waals surface area (Å²) in [5.74, 6) is 0.862. The van der Waals surface area contributed by atoms with Crippen LogP contribution < -0.4 is 4.74 Å². The van der Waals surface area contributed by atoms with Crippen LogP contribution in [-0.2, 0) is 0 Å². The second kappa shape index (κ2) is 2.96. The molecule has 0 spiro atoms. The van der Waals surface area contributed by atoms with E-state index in [4.69, 9.17) is 16.3 Å². The van der Waals surface area contributed by atoms with Crippen molar-refractivity contribution in [1.29, 1.82) is 0 Å². The Morgan fingerprint density at radius 1 is 1.31 bits per heavy atom. The van der Waals surface area contributed by atoms with Crippen LogP contribution in [0.5, 0.6) is 5.75 Å². The number of fused-ring (bicyclic) bond motifs is 1. The highest BCUT2D eigenvalue weighted by molar-refractivity contribution is 6.30. The van der Waals surface area contributed by atoms with E-state index in [9.17, 15) is 0 Å². The summed E-state index contributed by atoms with van der Waals surface area (Å²) < 4.78 is 5.16. The van der Waals surface area contributed by atoms with Crippen LogP contribution in [0.25, 0.3) is 10.9 Å². The lowest BCUT2D eigenvalue weighted by Gasteiger charge is -2.01. The molecule has 3 heteroatoms. The third kappa shape index (κ3) is 1.38. The topological polar surface area (TPSA) is 25.0 Å². The maximum atomic E-state index is 5.85. The van der Waals surface area contributed by atoms with Crippen molar-refractivity contribution >= 4 is 22.5 Å². The Morgan fingerprint density at radius 2 is 2.08 bits per heavy atom. The maximum absolute atomic E-state index is 5.85. The van der Waals surface area contributed by atoms with Crippen molar-refractivity contribution in [2.24, 2.45) is 0 Å². The van der Waals surface area contributed by atoms with Crippen LogP contribution in [0.1, 0.15) is 5.56 Å². The molecule has 0 bridgehead atoms. The number of ether oxygens (including phenoxy) is 1. The number of halogens is 1. The molecule has 0 saturated carbocycles. The van der Waals surface area contributed by atoms with Gasteiger partial charge in [-0.1, -0.05) is 11.6 Å². The van der Waals surface area contributed by atoms with Crippen molar-refractivity contribution in [3.05, 3.63) is 28.9 Å². The lowest BCUT2D eigenvalue weighted by molar-refractivity contribution is 0.415. The molecular weight excluding hydrogens is 186 g/mol. The highest BCUT2D eigenvalue weighted by Crippen LogP contribution is 2.26. The van der Waals surface area contributed by atoms with Gasteiger partial charge < -0.3 is 9.72 Å². The summed E-state index contributed by atoms with van der Waals surface area (Å²) >= 11 is 5.85. The molecule has 2 aromatic rings. The fourth-order valence-electron chi connectivity index (χ4n) is 1.47. The SMILES string of the molecule is COc1cc(C)c2[nH]c(Cl)cc2c1. The number of hydrogen-bond donors (Lipinski definition) is 1. The van der Waals surface area contributed by atoms with Crippen molar-refractivity contribution in [3.63, 3.8) is 0 Å². The second-order valence-electron chi connectivity index (χ2n) is 3.03. The average molecular weight is 196 g/mol. The highest BCUT2D eigenvalue weighted by atomic mass is 35.5. The summed E-state index contributed by atoms with van der Waals surface area (Å²) in [6, 6.07) is 5.84. The minimum Gasteiger partial charge on any atom is -0.497 e. The van der Waals surface area contributed by atoms with E-state index in [0.29, 0.717) is 5.15 Å². The second-order valence-corrected chi connectivity index (χ2v) is 3.43. The van der Waals surface area contributed by atoms with Crippen LogP contribution in [0.15, 0.2) is 18.2 Å². The number of nitrogens with one attached hydrogen (secondary N) is 1. The van der Waals surface area contributed by atoms with Crippen LogP contribution in [0.4, 0.5) is 0 Å². The number of methoxy groups -OCH3 is 1. The summed E-state index contributed by atoms with van der Waals surface area (Å²) in [6.07, 6.45) is 0. The molecule has 13 heavy (non-hydrogen) atoms. The number of rotatable bonds is 1. The summed E-state index contributed by atoms with van der Waals surface area (Å²) in [5, 5.41) is 1.74. The zero-order chi connectivity index (χ0) is 9.42. The number of aromatic nitrogens is 1. The van der Waals surface area contributed by atoms with Crippen LogP contribution >= 0.6 is 11.6 Å². The first-order chi connectivity index (χ1) is 6.20. The van der Waals surface area contributed by atoms with Gasteiger partial charge in [0.05, 0.1) is 7.11 Å². The molecule has 2 nitrogen and oxygen atoms in total. The van der Waals surface area contributed by atoms with E-state index in [2.05, 4.69) is 4.98 Å². The fourth-order valence-corrected chi connectivity index (χ4v) is 1.69. The number of hydrogen-bond acceptors (Lipinski definition) is 1. The third-order valence-electron chi connectivity index (χ3n) is 2.10. The molecule has 0 saturated heterocycles. The van der Waals surface area contributed by atoms with E-state index in [0.717, 1.165) is 22.2 Å². The molecule has 2 rings (SSSR count). The zero-order valence-corrected chi connectivity index (χ0v) is 8.27. The number of H-pyrrole nitrogens is 1. The predicted octanol–water partition coefficient (Wildman–Crippen LogP) is 3.14. The Hall–Kier alpha value is -1.15. The Kier molecular flexibility index (Phi) is 1.93. The van der Waals surface area contributed by atoms with Crippen molar-refractivity contribution in [1.82, 2.24) is 4.98 Å². The molecule has 1 aromatic heterocycles. The van der Waals surface area contributed by atoms with Crippen molar-refractivity contribution in [2.45, 2.75) is 6.92 Å². The van der Waals surface area contributed by atoms with Crippen LogP contribution in [-0.4, -0.2) is 12.1 Å². The number of aromatic amines is 1. The summed E-state index contributed by atoms with van der Waals surface area (Å²) in [7, 11) is 1.66. The van der Waals surface area contributed by atoms with E-state index < -0.39 is 0 Å². The molecule has 0 amide bonds. The molecule has 0 fully saturated rings. The third-order valence-corrected chi connectivity index (χ3v) is 2.31. The Labute approximate surface area is 81.5 Å².